The average Bonchev–Trinajstić information content (AvgIpc) is 3.33. The molecule has 4 N–H and O–H groups in total. The highest BCUT2D eigenvalue weighted by Gasteiger charge is 2.39. The smallest absolute Gasteiger partial charge is 0.208 e. The molecule has 1 saturated carbocycles. The van der Waals surface area contributed by atoms with Gasteiger partial charge in [-0.15, -0.1) is 11.3 Å². The highest BCUT2D eigenvalue weighted by atomic mass is 79.9. The van der Waals surface area contributed by atoms with Crippen molar-refractivity contribution < 1.29 is 15.0 Å². The molecule has 3 aromatic rings. The van der Waals surface area contributed by atoms with Gasteiger partial charge in [0.2, 0.25) is 5.78 Å². The lowest BCUT2D eigenvalue weighted by molar-refractivity contribution is 0.0210. The number of nitrogens with zero attached hydrogens (tertiary/aromatic N) is 2. The van der Waals surface area contributed by atoms with Crippen molar-refractivity contribution in [3.8, 4) is 0 Å². The van der Waals surface area contributed by atoms with Crippen molar-refractivity contribution in [3.05, 3.63) is 72.7 Å². The molecule has 0 amide bonds. The predicted molar refractivity (Wildman–Crippen MR) is 136 cm³/mol. The van der Waals surface area contributed by atoms with Crippen molar-refractivity contribution in [2.75, 3.05) is 11.9 Å². The number of anilines is 1. The van der Waals surface area contributed by atoms with Gasteiger partial charge in [-0.3, -0.25) is 4.79 Å². The van der Waals surface area contributed by atoms with E-state index in [1.54, 1.807) is 0 Å². The van der Waals surface area contributed by atoms with Gasteiger partial charge >= 0.3 is 0 Å². The Hall–Kier alpha value is -1.88. The Morgan fingerprint density at radius 1 is 1.26 bits per heavy atom. The molecule has 1 fully saturated rings. The molecule has 0 radical (unpaired) electrons. The molecular formula is C24H24BrClN4O3S. The second kappa shape index (κ2) is 9.64. The Morgan fingerprint density at radius 2 is 2.09 bits per heavy atom. The van der Waals surface area contributed by atoms with Crippen LogP contribution in [0.15, 0.2) is 41.3 Å². The van der Waals surface area contributed by atoms with Crippen LogP contribution in [0.3, 0.4) is 0 Å². The fraction of sp³-hybridized carbons (Fsp3) is 0.375. The third kappa shape index (κ3) is 4.41. The maximum Gasteiger partial charge on any atom is 0.208 e. The quantitative estimate of drug-likeness (QED) is 0.348. The molecule has 5 rings (SSSR count). The van der Waals surface area contributed by atoms with Crippen LogP contribution in [0.2, 0.25) is 4.34 Å². The standard InChI is InChI=1S/C24H24BrClN4O3S/c1-11-6-17(22(33)20(11)31)30-24-16(9-27-10-29-24)21(32)18-8-15(23(26)34-18)19-14-7-13(25)3-2-12(14)4-5-28-19/h2-3,7-11,17,19-20,22,28,31,33H,4-6H2,1H3,(H,27,29,30)/t11-,17-,19-,20-,22+/m1/s1. The summed E-state index contributed by atoms with van der Waals surface area (Å²) >= 11 is 11.4. The van der Waals surface area contributed by atoms with E-state index in [0.29, 0.717) is 27.0 Å². The van der Waals surface area contributed by atoms with E-state index in [4.69, 9.17) is 11.6 Å². The first-order chi connectivity index (χ1) is 16.3. The number of thiophene rings is 1. The second-order valence-corrected chi connectivity index (χ2v) is 11.4. The van der Waals surface area contributed by atoms with Crippen molar-refractivity contribution in [2.24, 2.45) is 5.92 Å². The molecule has 2 aliphatic rings. The molecule has 0 bridgehead atoms. The van der Waals surface area contributed by atoms with Crippen molar-refractivity contribution in [1.29, 1.82) is 0 Å². The van der Waals surface area contributed by atoms with Gasteiger partial charge in [0.15, 0.2) is 0 Å². The minimum atomic E-state index is -0.938. The Labute approximate surface area is 214 Å². The Morgan fingerprint density at radius 3 is 2.85 bits per heavy atom. The van der Waals surface area contributed by atoms with E-state index in [9.17, 15) is 15.0 Å². The minimum Gasteiger partial charge on any atom is -0.390 e. The summed E-state index contributed by atoms with van der Waals surface area (Å²) in [5, 5.41) is 27.1. The zero-order chi connectivity index (χ0) is 24.0. The van der Waals surface area contributed by atoms with Crippen LogP contribution in [-0.4, -0.2) is 50.8 Å². The Bertz CT molecular complexity index is 1240. The number of benzene rings is 1. The highest BCUT2D eigenvalue weighted by molar-refractivity contribution is 9.10. The second-order valence-electron chi connectivity index (χ2n) is 8.88. The predicted octanol–water partition coefficient (Wildman–Crippen LogP) is 3.96. The molecule has 1 aliphatic carbocycles. The number of aromatic nitrogens is 2. The molecule has 1 aliphatic heterocycles. The highest BCUT2D eigenvalue weighted by Crippen LogP contribution is 2.39. The summed E-state index contributed by atoms with van der Waals surface area (Å²) in [4.78, 5) is 22.3. The van der Waals surface area contributed by atoms with Gasteiger partial charge in [-0.2, -0.15) is 0 Å². The number of aliphatic hydroxyl groups is 2. The molecule has 1 aromatic carbocycles. The molecular weight excluding hydrogens is 540 g/mol. The number of aliphatic hydroxyl groups excluding tert-OH is 2. The number of hydrogen-bond acceptors (Lipinski definition) is 8. The maximum atomic E-state index is 13.5. The van der Waals surface area contributed by atoms with Crippen LogP contribution in [0.5, 0.6) is 0 Å². The van der Waals surface area contributed by atoms with Gasteiger partial charge in [0.1, 0.15) is 18.2 Å². The van der Waals surface area contributed by atoms with Gasteiger partial charge < -0.3 is 20.8 Å². The molecule has 34 heavy (non-hydrogen) atoms. The summed E-state index contributed by atoms with van der Waals surface area (Å²) in [5.74, 6) is 0.0344. The van der Waals surface area contributed by atoms with Crippen LogP contribution in [0, 0.1) is 5.92 Å². The van der Waals surface area contributed by atoms with Crippen LogP contribution >= 0.6 is 38.9 Å². The van der Waals surface area contributed by atoms with Gasteiger partial charge in [-0.1, -0.05) is 40.5 Å². The number of ketones is 1. The van der Waals surface area contributed by atoms with Gasteiger partial charge in [0.05, 0.1) is 33.0 Å². The molecule has 0 spiro atoms. The lowest BCUT2D eigenvalue weighted by Crippen LogP contribution is -2.35. The molecule has 3 heterocycles. The van der Waals surface area contributed by atoms with Gasteiger partial charge in [-0.05, 0) is 48.1 Å². The normalized spacial score (nSPS) is 26.3. The van der Waals surface area contributed by atoms with Gasteiger partial charge in [-0.25, -0.2) is 9.97 Å². The van der Waals surface area contributed by atoms with E-state index in [1.807, 2.05) is 19.1 Å². The summed E-state index contributed by atoms with van der Waals surface area (Å²) in [6, 6.07) is 7.58. The van der Waals surface area contributed by atoms with Crippen LogP contribution in [0.25, 0.3) is 0 Å². The molecule has 10 heteroatoms. The summed E-state index contributed by atoms with van der Waals surface area (Å²) < 4.78 is 1.55. The Kier molecular flexibility index (Phi) is 6.76. The average molecular weight is 564 g/mol. The molecule has 178 valence electrons. The monoisotopic (exact) mass is 562 g/mol. The minimum absolute atomic E-state index is 0.0574. The summed E-state index contributed by atoms with van der Waals surface area (Å²) in [6.07, 6.45) is 2.57. The summed E-state index contributed by atoms with van der Waals surface area (Å²) in [5.41, 5.74) is 3.57. The van der Waals surface area contributed by atoms with Crippen molar-refractivity contribution >= 4 is 50.5 Å². The summed E-state index contributed by atoms with van der Waals surface area (Å²) in [6.45, 7) is 2.70. The maximum absolute atomic E-state index is 13.5. The fourth-order valence-corrected chi connectivity index (χ4v) is 6.48. The van der Waals surface area contributed by atoms with E-state index in [2.05, 4.69) is 48.7 Å². The van der Waals surface area contributed by atoms with Crippen LogP contribution in [0.4, 0.5) is 5.82 Å². The number of hydrogen-bond donors (Lipinski definition) is 4. The number of halogens is 2. The van der Waals surface area contributed by atoms with E-state index in [0.717, 1.165) is 28.6 Å². The number of rotatable bonds is 5. The molecule has 5 atom stereocenters. The third-order valence-electron chi connectivity index (χ3n) is 6.66. The first kappa shape index (κ1) is 23.8. The van der Waals surface area contributed by atoms with E-state index in [1.165, 1.54) is 29.4 Å². The van der Waals surface area contributed by atoms with Crippen LogP contribution in [-0.2, 0) is 6.42 Å². The first-order valence-electron chi connectivity index (χ1n) is 11.1. The van der Waals surface area contributed by atoms with Gasteiger partial charge in [0, 0.05) is 22.8 Å². The first-order valence-corrected chi connectivity index (χ1v) is 13.1. The fourth-order valence-electron chi connectivity index (χ4n) is 4.81. The van der Waals surface area contributed by atoms with Crippen molar-refractivity contribution in [1.82, 2.24) is 15.3 Å². The SMILES string of the molecule is C[C@@H]1C[C@@H](Nc2ncncc2C(=O)c2cc([C@@H]3NCCc4ccc(Br)cc43)c(Cl)s2)[C@H](O)[C@@H]1O. The zero-order valence-corrected chi connectivity index (χ0v) is 21.5. The number of carbonyl (C=O) groups is 1. The third-order valence-corrected chi connectivity index (χ3v) is 8.54. The van der Waals surface area contributed by atoms with Crippen LogP contribution in [0.1, 0.15) is 51.3 Å². The lowest BCUT2D eigenvalue weighted by Gasteiger charge is -2.27. The number of fused-ring (bicyclic) bond motifs is 1. The largest absolute Gasteiger partial charge is 0.390 e. The molecule has 7 nitrogen and oxygen atoms in total. The molecule has 0 saturated heterocycles. The van der Waals surface area contributed by atoms with Crippen molar-refractivity contribution in [2.45, 2.75) is 44.1 Å². The van der Waals surface area contributed by atoms with E-state index in [-0.39, 0.29) is 17.7 Å². The number of carbonyl (C=O) groups excluding carboxylic acids is 1. The zero-order valence-electron chi connectivity index (χ0n) is 18.3. The lowest BCUT2D eigenvalue weighted by atomic mass is 9.91. The topological polar surface area (TPSA) is 107 Å². The van der Waals surface area contributed by atoms with Crippen LogP contribution < -0.4 is 10.6 Å². The molecule has 0 unspecified atom stereocenters. The van der Waals surface area contributed by atoms with Crippen molar-refractivity contribution in [3.63, 3.8) is 0 Å². The Balaban J connectivity index is 1.44. The summed E-state index contributed by atoms with van der Waals surface area (Å²) in [7, 11) is 0. The number of nitrogens with one attached hydrogen (secondary N) is 2. The van der Waals surface area contributed by atoms with E-state index < -0.39 is 18.2 Å². The van der Waals surface area contributed by atoms with Gasteiger partial charge in [0.25, 0.3) is 0 Å². The molecule has 2 aromatic heterocycles. The van der Waals surface area contributed by atoms with E-state index >= 15 is 0 Å².